The Balaban J connectivity index is 5.13. The summed E-state index contributed by atoms with van der Waals surface area (Å²) in [6.45, 7) is 7.21. The first-order valence-corrected chi connectivity index (χ1v) is 41.6. The summed E-state index contributed by atoms with van der Waals surface area (Å²) < 4.78 is 68.2. The summed E-state index contributed by atoms with van der Waals surface area (Å²) >= 11 is 0. The molecule has 0 aromatic rings. The molecule has 0 saturated heterocycles. The molecule has 0 amide bonds. The minimum absolute atomic E-state index is 0.107. The van der Waals surface area contributed by atoms with Crippen molar-refractivity contribution in [3.05, 3.63) is 0 Å². The Kier molecular flexibility index (Phi) is 65.9. The fraction of sp³-hybridized carbons (Fsp3) is 0.946. The Morgan fingerprint density at radius 3 is 0.731 bits per heavy atom. The average Bonchev–Trinajstić information content (AvgIpc) is 3.50. The molecule has 2 unspecified atom stereocenters. The van der Waals surface area contributed by atoms with Crippen LogP contribution in [0, 0.1) is 5.92 Å². The Hall–Kier alpha value is -1.94. The molecule has 0 radical (unpaired) electrons. The number of rotatable bonds is 74. The summed E-state index contributed by atoms with van der Waals surface area (Å²) in [4.78, 5) is 72.4. The van der Waals surface area contributed by atoms with E-state index in [-0.39, 0.29) is 25.7 Å². The molecule has 19 heteroatoms. The number of phosphoric ester groups is 2. The van der Waals surface area contributed by atoms with E-state index < -0.39 is 97.5 Å². The number of hydrogen-bond acceptors (Lipinski definition) is 15. The van der Waals surface area contributed by atoms with Crippen LogP contribution in [-0.2, 0) is 65.4 Å². The summed E-state index contributed by atoms with van der Waals surface area (Å²) in [5.41, 5.74) is 0. The van der Waals surface area contributed by atoms with Gasteiger partial charge in [-0.05, 0) is 31.6 Å². The van der Waals surface area contributed by atoms with Gasteiger partial charge in [-0.25, -0.2) is 9.13 Å². The number of carbonyl (C=O) groups excluding carboxylic acids is 4. The SMILES string of the molecule is CCCCCCCCCCCCCCCCCCCCCCC(=O)O[C@H](COC(=O)CCCCCCCCCCCCCCCC(C)C)COP(=O)(O)OC[C@@H](O)COP(=O)(O)OC[C@@H](COC(=O)CCCCCCC)OC(=O)CCCCCCCCCCCCCC. The largest absolute Gasteiger partial charge is 0.472 e. The highest BCUT2D eigenvalue weighted by molar-refractivity contribution is 7.47. The van der Waals surface area contributed by atoms with Crippen LogP contribution in [0.5, 0.6) is 0 Å². The van der Waals surface area contributed by atoms with Gasteiger partial charge in [-0.3, -0.25) is 37.3 Å². The Morgan fingerprint density at radius 1 is 0.290 bits per heavy atom. The molecule has 0 aliphatic rings. The van der Waals surface area contributed by atoms with Crippen LogP contribution in [0.3, 0.4) is 0 Å². The highest BCUT2D eigenvalue weighted by atomic mass is 31.2. The molecule has 0 heterocycles. The zero-order valence-corrected chi connectivity index (χ0v) is 62.2. The maximum atomic E-state index is 13.1. The molecule has 0 aliphatic carbocycles. The van der Waals surface area contributed by atoms with Gasteiger partial charge in [-0.15, -0.1) is 0 Å². The average molecular weight is 1370 g/mol. The van der Waals surface area contributed by atoms with Gasteiger partial charge in [-0.2, -0.15) is 0 Å². The van der Waals surface area contributed by atoms with E-state index in [0.717, 1.165) is 102 Å². The third-order valence-electron chi connectivity index (χ3n) is 17.3. The van der Waals surface area contributed by atoms with Crippen molar-refractivity contribution in [1.29, 1.82) is 0 Å². The molecule has 3 N–H and O–H groups in total. The second kappa shape index (κ2) is 67.3. The van der Waals surface area contributed by atoms with Crippen molar-refractivity contribution < 1.29 is 80.2 Å². The molecule has 0 bridgehead atoms. The maximum Gasteiger partial charge on any atom is 0.472 e. The lowest BCUT2D eigenvalue weighted by atomic mass is 10.0. The van der Waals surface area contributed by atoms with Gasteiger partial charge in [0.1, 0.15) is 19.3 Å². The van der Waals surface area contributed by atoms with Crippen LogP contribution < -0.4 is 0 Å². The first-order valence-electron chi connectivity index (χ1n) is 38.6. The van der Waals surface area contributed by atoms with E-state index in [1.165, 1.54) is 205 Å². The molecular weight excluding hydrogens is 1220 g/mol. The lowest BCUT2D eigenvalue weighted by Crippen LogP contribution is -2.30. The van der Waals surface area contributed by atoms with E-state index in [9.17, 15) is 43.2 Å². The zero-order valence-electron chi connectivity index (χ0n) is 60.4. The number of unbranched alkanes of at least 4 members (excludes halogenated alkanes) is 46. The van der Waals surface area contributed by atoms with E-state index in [1.807, 2.05) is 0 Å². The summed E-state index contributed by atoms with van der Waals surface area (Å²) in [7, 11) is -9.90. The second-order valence-electron chi connectivity index (χ2n) is 27.2. The van der Waals surface area contributed by atoms with Crippen LogP contribution >= 0.6 is 15.6 Å². The van der Waals surface area contributed by atoms with Gasteiger partial charge >= 0.3 is 39.5 Å². The van der Waals surface area contributed by atoms with Crippen LogP contribution in [0.4, 0.5) is 0 Å². The normalized spacial score (nSPS) is 14.0. The van der Waals surface area contributed by atoms with Gasteiger partial charge < -0.3 is 33.8 Å². The van der Waals surface area contributed by atoms with E-state index in [4.69, 9.17) is 37.0 Å². The van der Waals surface area contributed by atoms with Crippen LogP contribution in [0.25, 0.3) is 0 Å². The molecule has 0 aromatic carbocycles. The molecule has 0 aromatic heterocycles. The lowest BCUT2D eigenvalue weighted by molar-refractivity contribution is -0.161. The number of aliphatic hydroxyl groups is 1. The third kappa shape index (κ3) is 68.4. The smallest absolute Gasteiger partial charge is 0.462 e. The fourth-order valence-corrected chi connectivity index (χ4v) is 12.9. The first-order chi connectivity index (χ1) is 45.0. The third-order valence-corrected chi connectivity index (χ3v) is 19.2. The fourth-order valence-electron chi connectivity index (χ4n) is 11.4. The van der Waals surface area contributed by atoms with E-state index in [0.29, 0.717) is 25.7 Å². The Morgan fingerprint density at radius 2 is 0.495 bits per heavy atom. The summed E-state index contributed by atoms with van der Waals surface area (Å²) in [6.07, 6.45) is 55.9. The monoisotopic (exact) mass is 1370 g/mol. The Bertz CT molecular complexity index is 1790. The highest BCUT2D eigenvalue weighted by Crippen LogP contribution is 2.45. The van der Waals surface area contributed by atoms with Crippen LogP contribution in [-0.4, -0.2) is 96.7 Å². The van der Waals surface area contributed by atoms with Crippen LogP contribution in [0.2, 0.25) is 0 Å². The molecule has 0 rings (SSSR count). The van der Waals surface area contributed by atoms with Gasteiger partial charge in [0.05, 0.1) is 26.4 Å². The molecule has 0 aliphatic heterocycles. The van der Waals surface area contributed by atoms with E-state index >= 15 is 0 Å². The first kappa shape index (κ1) is 91.1. The summed E-state index contributed by atoms with van der Waals surface area (Å²) in [6, 6.07) is 0. The van der Waals surface area contributed by atoms with Gasteiger partial charge in [0.2, 0.25) is 0 Å². The van der Waals surface area contributed by atoms with Gasteiger partial charge in [0.25, 0.3) is 0 Å². The molecule has 5 atom stereocenters. The predicted octanol–water partition coefficient (Wildman–Crippen LogP) is 21.7. The van der Waals surface area contributed by atoms with E-state index in [1.54, 1.807) is 0 Å². The molecule has 93 heavy (non-hydrogen) atoms. The number of carbonyl (C=O) groups is 4. The van der Waals surface area contributed by atoms with Gasteiger partial charge in [-0.1, -0.05) is 336 Å². The minimum Gasteiger partial charge on any atom is -0.462 e. The number of phosphoric acid groups is 2. The predicted molar refractivity (Wildman–Crippen MR) is 377 cm³/mol. The summed E-state index contributed by atoms with van der Waals surface area (Å²) in [5.74, 6) is -1.34. The van der Waals surface area contributed by atoms with Crippen molar-refractivity contribution in [2.24, 2.45) is 5.92 Å². The molecular formula is C74H144O17P2. The van der Waals surface area contributed by atoms with E-state index in [2.05, 4.69) is 34.6 Å². The second-order valence-corrected chi connectivity index (χ2v) is 30.1. The highest BCUT2D eigenvalue weighted by Gasteiger charge is 2.30. The number of ether oxygens (including phenoxy) is 4. The molecule has 17 nitrogen and oxygen atoms in total. The standard InChI is InChI=1S/C74H144O17P2/c1-6-9-12-15-17-19-21-23-24-25-26-27-28-29-32-37-41-45-50-55-60-74(79)91-70(64-85-72(77)58-53-48-43-39-36-33-30-31-34-38-42-47-51-56-67(4)5)66-89-93(82,83)87-62-68(75)61-86-92(80,81)88-65-69(63-84-71(76)57-52-46-14-11-8-3)90-73(78)59-54-49-44-40-35-22-20-18-16-13-10-7-2/h67-70,75H,6-66H2,1-5H3,(H,80,81)(H,82,83)/t68-,69+,70+/m0/s1. The van der Waals surface area contributed by atoms with Crippen LogP contribution in [0.1, 0.15) is 388 Å². The van der Waals surface area contributed by atoms with Crippen LogP contribution in [0.15, 0.2) is 0 Å². The van der Waals surface area contributed by atoms with Crippen molar-refractivity contribution in [1.82, 2.24) is 0 Å². The van der Waals surface area contributed by atoms with Crippen molar-refractivity contribution in [3.8, 4) is 0 Å². The maximum absolute atomic E-state index is 13.1. The number of aliphatic hydroxyl groups excluding tert-OH is 1. The minimum atomic E-state index is -4.95. The topological polar surface area (TPSA) is 237 Å². The van der Waals surface area contributed by atoms with Crippen molar-refractivity contribution in [3.63, 3.8) is 0 Å². The summed E-state index contributed by atoms with van der Waals surface area (Å²) in [5, 5.41) is 10.6. The lowest BCUT2D eigenvalue weighted by Gasteiger charge is -2.21. The van der Waals surface area contributed by atoms with Gasteiger partial charge in [0, 0.05) is 25.7 Å². The molecule has 0 saturated carbocycles. The van der Waals surface area contributed by atoms with Crippen molar-refractivity contribution >= 4 is 39.5 Å². The van der Waals surface area contributed by atoms with Gasteiger partial charge in [0.15, 0.2) is 12.2 Å². The number of hydrogen-bond donors (Lipinski definition) is 3. The number of esters is 4. The Labute approximate surface area is 568 Å². The molecule has 0 spiro atoms. The van der Waals surface area contributed by atoms with Crippen molar-refractivity contribution in [2.45, 2.75) is 406 Å². The molecule has 552 valence electrons. The quantitative estimate of drug-likeness (QED) is 0.0222. The molecule has 0 fully saturated rings. The zero-order chi connectivity index (χ0) is 68.4. The van der Waals surface area contributed by atoms with Crippen molar-refractivity contribution in [2.75, 3.05) is 39.6 Å².